The van der Waals surface area contributed by atoms with Gasteiger partial charge in [-0.2, -0.15) is 11.8 Å². The number of rotatable bonds is 3. The summed E-state index contributed by atoms with van der Waals surface area (Å²) < 4.78 is 26.7. The molecule has 3 unspecified atom stereocenters. The van der Waals surface area contributed by atoms with E-state index in [1.165, 1.54) is 12.1 Å². The summed E-state index contributed by atoms with van der Waals surface area (Å²) in [7, 11) is 0. The fourth-order valence-electron chi connectivity index (χ4n) is 2.21. The van der Waals surface area contributed by atoms with Crippen LogP contribution in [0.25, 0.3) is 0 Å². The molecular weight excluding hydrogens is 240 g/mol. The first kappa shape index (κ1) is 12.8. The van der Waals surface area contributed by atoms with Crippen LogP contribution < -0.4 is 5.32 Å². The van der Waals surface area contributed by atoms with Crippen LogP contribution in [0, 0.1) is 11.6 Å². The lowest BCUT2D eigenvalue weighted by Crippen LogP contribution is -2.35. The van der Waals surface area contributed by atoms with Crippen LogP contribution in [0.1, 0.15) is 31.9 Å². The van der Waals surface area contributed by atoms with Gasteiger partial charge in [0.1, 0.15) is 11.6 Å². The highest BCUT2D eigenvalue weighted by Crippen LogP contribution is 2.28. The van der Waals surface area contributed by atoms with Crippen molar-refractivity contribution in [3.8, 4) is 0 Å². The zero-order valence-corrected chi connectivity index (χ0v) is 10.9. The van der Waals surface area contributed by atoms with E-state index in [2.05, 4.69) is 12.2 Å². The van der Waals surface area contributed by atoms with Gasteiger partial charge in [-0.15, -0.1) is 0 Å². The molecule has 0 amide bonds. The Kier molecular flexibility index (Phi) is 4.05. The molecule has 4 heteroatoms. The molecule has 1 aliphatic heterocycles. The topological polar surface area (TPSA) is 12.0 Å². The van der Waals surface area contributed by atoms with E-state index in [9.17, 15) is 8.78 Å². The number of thioether (sulfide) groups is 1. The smallest absolute Gasteiger partial charge is 0.128 e. The third kappa shape index (κ3) is 2.99. The number of halogens is 2. The van der Waals surface area contributed by atoms with Crippen LogP contribution in [-0.2, 0) is 0 Å². The molecule has 2 rings (SSSR count). The van der Waals surface area contributed by atoms with Gasteiger partial charge in [0, 0.05) is 22.9 Å². The van der Waals surface area contributed by atoms with Crippen molar-refractivity contribution in [2.75, 3.05) is 5.75 Å². The molecule has 0 spiro atoms. The predicted octanol–water partition coefficient (Wildman–Crippen LogP) is 3.51. The Hall–Kier alpha value is -0.610. The van der Waals surface area contributed by atoms with Crippen molar-refractivity contribution in [2.45, 2.75) is 37.6 Å². The highest BCUT2D eigenvalue weighted by molar-refractivity contribution is 8.00. The molecule has 1 nitrogen and oxygen atoms in total. The minimum absolute atomic E-state index is 0.156. The van der Waals surface area contributed by atoms with Gasteiger partial charge in [0.15, 0.2) is 0 Å². The number of hydrogen-bond acceptors (Lipinski definition) is 2. The van der Waals surface area contributed by atoms with Gasteiger partial charge in [-0.05, 0) is 37.3 Å². The van der Waals surface area contributed by atoms with Crippen molar-refractivity contribution in [1.29, 1.82) is 0 Å². The molecule has 0 saturated carbocycles. The van der Waals surface area contributed by atoms with Crippen molar-refractivity contribution in [2.24, 2.45) is 0 Å². The van der Waals surface area contributed by atoms with Crippen molar-refractivity contribution >= 4 is 11.8 Å². The Labute approximate surface area is 105 Å². The summed E-state index contributed by atoms with van der Waals surface area (Å²) >= 11 is 1.92. The van der Waals surface area contributed by atoms with E-state index < -0.39 is 0 Å². The molecule has 17 heavy (non-hydrogen) atoms. The van der Waals surface area contributed by atoms with Crippen molar-refractivity contribution < 1.29 is 8.78 Å². The number of hydrogen-bond donors (Lipinski definition) is 1. The highest BCUT2D eigenvalue weighted by atomic mass is 32.2. The summed E-state index contributed by atoms with van der Waals surface area (Å²) in [5.41, 5.74) is 0.411. The van der Waals surface area contributed by atoms with Crippen LogP contribution in [0.2, 0.25) is 0 Å². The van der Waals surface area contributed by atoms with Gasteiger partial charge in [0.25, 0.3) is 0 Å². The second-order valence-electron chi connectivity index (χ2n) is 4.53. The largest absolute Gasteiger partial charge is 0.306 e. The molecule has 0 aromatic heterocycles. The first-order valence-electron chi connectivity index (χ1n) is 5.90. The summed E-state index contributed by atoms with van der Waals surface area (Å²) in [5, 5.41) is 3.92. The van der Waals surface area contributed by atoms with Crippen molar-refractivity contribution in [3.63, 3.8) is 0 Å². The maximum atomic E-state index is 13.6. The zero-order valence-electron chi connectivity index (χ0n) is 10.0. The zero-order chi connectivity index (χ0) is 12.4. The van der Waals surface area contributed by atoms with Gasteiger partial charge in [0.2, 0.25) is 0 Å². The fraction of sp³-hybridized carbons (Fsp3) is 0.538. The molecule has 0 radical (unpaired) electrons. The Morgan fingerprint density at radius 3 is 2.82 bits per heavy atom. The molecule has 1 saturated heterocycles. The monoisotopic (exact) mass is 257 g/mol. The van der Waals surface area contributed by atoms with Gasteiger partial charge < -0.3 is 5.32 Å². The van der Waals surface area contributed by atoms with E-state index in [-0.39, 0.29) is 17.7 Å². The van der Waals surface area contributed by atoms with E-state index in [1.807, 2.05) is 18.7 Å². The molecule has 3 atom stereocenters. The maximum absolute atomic E-state index is 13.6. The summed E-state index contributed by atoms with van der Waals surface area (Å²) in [6, 6.07) is 3.85. The Morgan fingerprint density at radius 2 is 2.18 bits per heavy atom. The summed E-state index contributed by atoms with van der Waals surface area (Å²) in [5.74, 6) is 0.408. The molecule has 0 aliphatic carbocycles. The summed E-state index contributed by atoms with van der Waals surface area (Å²) in [6.45, 7) is 4.05. The minimum Gasteiger partial charge on any atom is -0.306 e. The van der Waals surface area contributed by atoms with Gasteiger partial charge >= 0.3 is 0 Å². The molecule has 0 bridgehead atoms. The van der Waals surface area contributed by atoms with Crippen LogP contribution >= 0.6 is 11.8 Å². The molecule has 1 fully saturated rings. The molecule has 1 aromatic rings. The maximum Gasteiger partial charge on any atom is 0.128 e. The highest BCUT2D eigenvalue weighted by Gasteiger charge is 2.26. The Morgan fingerprint density at radius 1 is 1.41 bits per heavy atom. The number of benzene rings is 1. The molecular formula is C13H17F2NS. The predicted molar refractivity (Wildman–Crippen MR) is 68.2 cm³/mol. The Balaban J connectivity index is 2.08. The third-order valence-electron chi connectivity index (χ3n) is 3.26. The van der Waals surface area contributed by atoms with Crippen LogP contribution in [0.15, 0.2) is 18.2 Å². The van der Waals surface area contributed by atoms with Crippen LogP contribution in [0.4, 0.5) is 8.78 Å². The Bertz CT molecular complexity index is 397. The van der Waals surface area contributed by atoms with Crippen molar-refractivity contribution in [1.82, 2.24) is 5.32 Å². The van der Waals surface area contributed by atoms with Gasteiger partial charge in [-0.3, -0.25) is 0 Å². The first-order valence-corrected chi connectivity index (χ1v) is 6.95. The lowest BCUT2D eigenvalue weighted by molar-refractivity contribution is 0.438. The lowest BCUT2D eigenvalue weighted by Gasteiger charge is -2.22. The second kappa shape index (κ2) is 5.36. The quantitative estimate of drug-likeness (QED) is 0.889. The summed E-state index contributed by atoms with van der Waals surface area (Å²) in [4.78, 5) is 0. The van der Waals surface area contributed by atoms with E-state index in [1.54, 1.807) is 0 Å². The molecule has 1 N–H and O–H groups in total. The molecule has 1 aromatic carbocycles. The van der Waals surface area contributed by atoms with E-state index in [0.717, 1.165) is 18.2 Å². The second-order valence-corrected chi connectivity index (χ2v) is 6.01. The van der Waals surface area contributed by atoms with Crippen LogP contribution in [0.3, 0.4) is 0 Å². The normalized spacial score (nSPS) is 26.1. The average Bonchev–Trinajstić information content (AvgIpc) is 2.68. The number of nitrogens with one attached hydrogen (secondary N) is 1. The van der Waals surface area contributed by atoms with E-state index >= 15 is 0 Å². The fourth-order valence-corrected chi connectivity index (χ4v) is 3.42. The SMILES string of the molecule is CC(NC1CCSC1C)c1cc(F)ccc1F. The van der Waals surface area contributed by atoms with Crippen molar-refractivity contribution in [3.05, 3.63) is 35.4 Å². The third-order valence-corrected chi connectivity index (χ3v) is 4.59. The lowest BCUT2D eigenvalue weighted by atomic mass is 10.0. The van der Waals surface area contributed by atoms with Gasteiger partial charge in [-0.1, -0.05) is 6.92 Å². The molecule has 94 valence electrons. The van der Waals surface area contributed by atoms with Gasteiger partial charge in [-0.25, -0.2) is 8.78 Å². The van der Waals surface area contributed by atoms with E-state index in [4.69, 9.17) is 0 Å². The van der Waals surface area contributed by atoms with Crippen LogP contribution in [0.5, 0.6) is 0 Å². The molecule has 1 aliphatic rings. The van der Waals surface area contributed by atoms with Crippen LogP contribution in [-0.4, -0.2) is 17.0 Å². The van der Waals surface area contributed by atoms with E-state index in [0.29, 0.717) is 16.9 Å². The van der Waals surface area contributed by atoms with Gasteiger partial charge in [0.05, 0.1) is 0 Å². The minimum atomic E-state index is -0.385. The summed E-state index contributed by atoms with van der Waals surface area (Å²) in [6.07, 6.45) is 1.09. The standard InChI is InChI=1S/C13H17F2NS/c1-8(16-13-5-6-17-9(13)2)11-7-10(14)3-4-12(11)15/h3-4,7-9,13,16H,5-6H2,1-2H3. The molecule has 1 heterocycles. The first-order chi connectivity index (χ1) is 8.08. The average molecular weight is 257 g/mol.